The largest absolute Gasteiger partial charge is 0.448 e. The maximum atomic E-state index is 8.49. The Morgan fingerprint density at radius 1 is 1.05 bits per heavy atom. The van der Waals surface area contributed by atoms with Crippen molar-refractivity contribution in [2.24, 2.45) is 0 Å². The van der Waals surface area contributed by atoms with Gasteiger partial charge in [0.1, 0.15) is 6.20 Å². The van der Waals surface area contributed by atoms with Gasteiger partial charge in [-0.25, -0.2) is 18.6 Å². The Morgan fingerprint density at radius 3 is 2.55 bits per heavy atom. The van der Waals surface area contributed by atoms with Crippen LogP contribution in [0.2, 0.25) is 0 Å². The quantitative estimate of drug-likeness (QED) is 0.303. The summed E-state index contributed by atoms with van der Waals surface area (Å²) in [5, 5.41) is 11.0. The first-order chi connectivity index (χ1) is 10.4. The zero-order chi connectivity index (χ0) is 15.7. The molecule has 0 spiro atoms. The molecule has 0 atom stereocenters. The lowest BCUT2D eigenvalue weighted by molar-refractivity contribution is -2.00. The summed E-state index contributed by atoms with van der Waals surface area (Å²) in [7, 11) is -4.94. The van der Waals surface area contributed by atoms with Crippen LogP contribution < -0.4 is 23.2 Å². The molecule has 0 saturated carbocycles. The van der Waals surface area contributed by atoms with Crippen molar-refractivity contribution in [1.82, 2.24) is 19.7 Å². The van der Waals surface area contributed by atoms with Crippen LogP contribution >= 0.6 is 0 Å². The number of hydrogen-bond acceptors (Lipinski definition) is 7. The van der Waals surface area contributed by atoms with Crippen LogP contribution in [0.25, 0.3) is 22.2 Å². The van der Waals surface area contributed by atoms with E-state index in [-0.39, 0.29) is 0 Å². The molecule has 9 nitrogen and oxygen atoms in total. The number of fused-ring (bicyclic) bond motifs is 5. The predicted octanol–water partition coefficient (Wildman–Crippen LogP) is -3.74. The molecule has 0 N–H and O–H groups in total. The van der Waals surface area contributed by atoms with E-state index in [1.54, 1.807) is 15.2 Å². The lowest BCUT2D eigenvalue weighted by Gasteiger charge is -2.17. The Balaban J connectivity index is 0.000000254. The highest BCUT2D eigenvalue weighted by molar-refractivity contribution is 5.93. The summed E-state index contributed by atoms with van der Waals surface area (Å²) in [5.41, 5.74) is 0.821. The first kappa shape index (κ1) is 14.5. The average molecular weight is 322 g/mol. The van der Waals surface area contributed by atoms with E-state index in [0.717, 1.165) is 16.4 Å². The van der Waals surface area contributed by atoms with E-state index in [1.165, 1.54) is 0 Å². The van der Waals surface area contributed by atoms with E-state index >= 15 is 0 Å². The molecule has 10 heteroatoms. The van der Waals surface area contributed by atoms with Crippen LogP contribution in [-0.4, -0.2) is 19.7 Å². The van der Waals surface area contributed by atoms with Gasteiger partial charge in [0.05, 0.1) is 12.4 Å². The minimum absolute atomic E-state index is 0.716. The van der Waals surface area contributed by atoms with Gasteiger partial charge in [0.25, 0.3) is 5.65 Å². The topological polar surface area (TPSA) is 139 Å². The van der Waals surface area contributed by atoms with Gasteiger partial charge in [-0.05, 0) is 6.07 Å². The van der Waals surface area contributed by atoms with Gasteiger partial charge < -0.3 is 0 Å². The molecule has 0 aliphatic heterocycles. The molecule has 0 amide bonds. The number of benzene rings is 1. The monoisotopic (exact) mass is 321 g/mol. The van der Waals surface area contributed by atoms with Crippen LogP contribution in [0.15, 0.2) is 48.9 Å². The SMILES string of the molecule is [O-][Cl+3]([O-])([O-])[O-].c1ccc2c(c1)cnn1c2n[n+]2cccnc12. The van der Waals surface area contributed by atoms with E-state index < -0.39 is 10.2 Å². The van der Waals surface area contributed by atoms with Crippen LogP contribution in [0.1, 0.15) is 0 Å². The lowest BCUT2D eigenvalue weighted by Crippen LogP contribution is -2.68. The third-order valence-corrected chi connectivity index (χ3v) is 2.81. The van der Waals surface area contributed by atoms with Crippen LogP contribution in [0, 0.1) is 10.2 Å². The second kappa shape index (κ2) is 5.40. The molecule has 112 valence electrons. The van der Waals surface area contributed by atoms with Crippen molar-refractivity contribution in [3.63, 3.8) is 0 Å². The maximum Gasteiger partial charge on any atom is 0.448 e. The maximum absolute atomic E-state index is 8.49. The Kier molecular flexibility index (Phi) is 3.56. The molecule has 22 heavy (non-hydrogen) atoms. The third kappa shape index (κ3) is 2.93. The van der Waals surface area contributed by atoms with Crippen molar-refractivity contribution < 1.29 is 33.4 Å². The van der Waals surface area contributed by atoms with E-state index in [1.807, 2.05) is 42.7 Å². The molecule has 0 aliphatic rings. The Hall–Kier alpha value is -2.43. The Labute approximate surface area is 125 Å². The molecule has 0 unspecified atom stereocenters. The number of rotatable bonds is 0. The van der Waals surface area contributed by atoms with Crippen molar-refractivity contribution in [3.05, 3.63) is 48.9 Å². The average Bonchev–Trinajstić information content (AvgIpc) is 2.84. The first-order valence-electron chi connectivity index (χ1n) is 5.94. The first-order valence-corrected chi connectivity index (χ1v) is 7.18. The minimum Gasteiger partial charge on any atom is -0.222 e. The summed E-state index contributed by atoms with van der Waals surface area (Å²) in [6.45, 7) is 0. The Bertz CT molecular complexity index is 946. The summed E-state index contributed by atoms with van der Waals surface area (Å²) < 4.78 is 37.5. The summed E-state index contributed by atoms with van der Waals surface area (Å²) in [6, 6.07) is 9.91. The fraction of sp³-hybridized carbons (Fsp3) is 0. The van der Waals surface area contributed by atoms with Crippen LogP contribution in [0.5, 0.6) is 0 Å². The zero-order valence-electron chi connectivity index (χ0n) is 10.9. The predicted molar refractivity (Wildman–Crippen MR) is 61.4 cm³/mol. The van der Waals surface area contributed by atoms with Crippen molar-refractivity contribution in [2.75, 3.05) is 0 Å². The van der Waals surface area contributed by atoms with Crippen molar-refractivity contribution in [1.29, 1.82) is 0 Å². The van der Waals surface area contributed by atoms with Gasteiger partial charge in [-0.3, -0.25) is 0 Å². The second-order valence-electron chi connectivity index (χ2n) is 4.21. The van der Waals surface area contributed by atoms with Crippen molar-refractivity contribution in [3.8, 4) is 0 Å². The normalized spacial score (nSPS) is 11.6. The van der Waals surface area contributed by atoms with E-state index in [4.69, 9.17) is 18.6 Å². The van der Waals surface area contributed by atoms with Gasteiger partial charge in [-0.2, -0.15) is 0 Å². The van der Waals surface area contributed by atoms with E-state index in [0.29, 0.717) is 5.78 Å². The molecule has 0 saturated heterocycles. The molecule has 0 bridgehead atoms. The fourth-order valence-electron chi connectivity index (χ4n) is 2.03. The van der Waals surface area contributed by atoms with Gasteiger partial charge >= 0.3 is 5.78 Å². The number of halogens is 1. The molecular weight excluding hydrogens is 314 g/mol. The summed E-state index contributed by atoms with van der Waals surface area (Å²) in [4.78, 5) is 4.28. The van der Waals surface area contributed by atoms with Crippen molar-refractivity contribution >= 4 is 22.2 Å². The summed E-state index contributed by atoms with van der Waals surface area (Å²) in [6.07, 6.45) is 5.44. The molecule has 0 fully saturated rings. The fourth-order valence-corrected chi connectivity index (χ4v) is 2.03. The molecular formula is C12H8ClN5O4. The third-order valence-electron chi connectivity index (χ3n) is 2.81. The smallest absolute Gasteiger partial charge is 0.222 e. The molecule has 0 radical (unpaired) electrons. The highest BCUT2D eigenvalue weighted by Gasteiger charge is 2.16. The molecule has 3 aromatic heterocycles. The van der Waals surface area contributed by atoms with Crippen LogP contribution in [-0.2, 0) is 0 Å². The molecule has 1 aromatic carbocycles. The van der Waals surface area contributed by atoms with Crippen LogP contribution in [0.4, 0.5) is 0 Å². The molecule has 3 heterocycles. The molecule has 4 aromatic rings. The van der Waals surface area contributed by atoms with Gasteiger partial charge in [0.2, 0.25) is 0 Å². The lowest BCUT2D eigenvalue weighted by atomic mass is 10.2. The number of aromatic nitrogens is 5. The summed E-state index contributed by atoms with van der Waals surface area (Å²) >= 11 is 0. The zero-order valence-corrected chi connectivity index (χ0v) is 11.6. The van der Waals surface area contributed by atoms with Crippen LogP contribution in [0.3, 0.4) is 0 Å². The van der Waals surface area contributed by atoms with Gasteiger partial charge in [-0.15, -0.1) is 19.9 Å². The second-order valence-corrected chi connectivity index (χ2v) is 4.97. The summed E-state index contributed by atoms with van der Waals surface area (Å²) in [5.74, 6) is 0.716. The van der Waals surface area contributed by atoms with Gasteiger partial charge in [0.15, 0.2) is 0 Å². The standard InChI is InChI=1S/C12H8N5.ClHO4/c1-2-5-10-9(4-1)8-14-17-11(10)15-16-7-3-6-13-12(16)17;2-1(3,4)5/h1-8H;(H,2,3,4,5)/q+1;/p-1. The molecule has 4 rings (SSSR count). The van der Waals surface area contributed by atoms with Gasteiger partial charge in [0, 0.05) is 16.8 Å². The number of nitrogens with zero attached hydrogens (tertiary/aromatic N) is 5. The van der Waals surface area contributed by atoms with E-state index in [9.17, 15) is 0 Å². The van der Waals surface area contributed by atoms with Gasteiger partial charge in [-0.1, -0.05) is 32.8 Å². The highest BCUT2D eigenvalue weighted by Crippen LogP contribution is 2.16. The van der Waals surface area contributed by atoms with E-state index in [2.05, 4.69) is 15.2 Å². The number of hydrogen-bond donors (Lipinski definition) is 0. The molecule has 0 aliphatic carbocycles. The highest BCUT2D eigenvalue weighted by atomic mass is 35.7. The Morgan fingerprint density at radius 2 is 1.77 bits per heavy atom. The van der Waals surface area contributed by atoms with Crippen molar-refractivity contribution in [2.45, 2.75) is 0 Å². The minimum atomic E-state index is -4.94.